The van der Waals surface area contributed by atoms with E-state index in [1.165, 1.54) is 0 Å². The second kappa shape index (κ2) is 6.37. The molecule has 0 saturated heterocycles. The molecule has 0 radical (unpaired) electrons. The second-order valence-electron chi connectivity index (χ2n) is 2.97. The summed E-state index contributed by atoms with van der Waals surface area (Å²) in [7, 11) is 1.64. The van der Waals surface area contributed by atoms with Gasteiger partial charge in [0.2, 0.25) is 0 Å². The molecular weight excluding hydrogens is 158 g/mol. The van der Waals surface area contributed by atoms with E-state index in [-0.39, 0.29) is 12.2 Å². The minimum absolute atomic E-state index is 0.0303. The molecule has 0 aliphatic rings. The summed E-state index contributed by atoms with van der Waals surface area (Å²) in [6, 6.07) is 0. The monoisotopic (exact) mass is 177 g/mol. The lowest BCUT2D eigenvalue weighted by molar-refractivity contribution is -0.0551. The topological polar surface area (TPSA) is 64.7 Å². The van der Waals surface area contributed by atoms with Crippen LogP contribution in [-0.2, 0) is 9.47 Å². The Morgan fingerprint density at radius 2 is 2.08 bits per heavy atom. The Kier molecular flexibility index (Phi) is 6.28. The standard InChI is InChI=1S/C8H19NO3/c1-8(7-9,3-5-11-2)12-6-4-10/h10H,3-7,9H2,1-2H3. The van der Waals surface area contributed by atoms with Gasteiger partial charge in [-0.1, -0.05) is 0 Å². The molecule has 0 aliphatic carbocycles. The number of rotatable bonds is 7. The molecule has 3 N–H and O–H groups in total. The van der Waals surface area contributed by atoms with Crippen LogP contribution in [0.25, 0.3) is 0 Å². The van der Waals surface area contributed by atoms with Crippen molar-refractivity contribution < 1.29 is 14.6 Å². The van der Waals surface area contributed by atoms with E-state index >= 15 is 0 Å². The maximum absolute atomic E-state index is 8.55. The van der Waals surface area contributed by atoms with Crippen LogP contribution in [0, 0.1) is 0 Å². The van der Waals surface area contributed by atoms with Gasteiger partial charge in [-0.2, -0.15) is 0 Å². The SMILES string of the molecule is COCCC(C)(CN)OCCO. The van der Waals surface area contributed by atoms with Gasteiger partial charge >= 0.3 is 0 Å². The summed E-state index contributed by atoms with van der Waals surface area (Å²) in [5.74, 6) is 0. The van der Waals surface area contributed by atoms with Gasteiger partial charge in [-0.3, -0.25) is 0 Å². The number of hydrogen-bond acceptors (Lipinski definition) is 4. The van der Waals surface area contributed by atoms with Crippen LogP contribution in [0.1, 0.15) is 13.3 Å². The minimum atomic E-state index is -0.362. The Morgan fingerprint density at radius 1 is 1.42 bits per heavy atom. The van der Waals surface area contributed by atoms with Gasteiger partial charge < -0.3 is 20.3 Å². The molecule has 0 spiro atoms. The maximum Gasteiger partial charge on any atom is 0.0799 e. The Bertz CT molecular complexity index is 100. The van der Waals surface area contributed by atoms with Gasteiger partial charge in [-0.15, -0.1) is 0 Å². The molecule has 74 valence electrons. The highest BCUT2D eigenvalue weighted by molar-refractivity contribution is 4.75. The van der Waals surface area contributed by atoms with Gasteiger partial charge in [0.15, 0.2) is 0 Å². The molecule has 4 heteroatoms. The largest absolute Gasteiger partial charge is 0.394 e. The average molecular weight is 177 g/mol. The zero-order valence-electron chi connectivity index (χ0n) is 7.88. The van der Waals surface area contributed by atoms with E-state index in [1.54, 1.807) is 7.11 Å². The van der Waals surface area contributed by atoms with Crippen LogP contribution in [0.3, 0.4) is 0 Å². The number of nitrogens with two attached hydrogens (primary N) is 1. The molecule has 0 heterocycles. The predicted molar refractivity (Wildman–Crippen MR) is 47.0 cm³/mol. The van der Waals surface area contributed by atoms with Gasteiger partial charge in [-0.25, -0.2) is 0 Å². The fourth-order valence-electron chi connectivity index (χ4n) is 0.843. The first-order valence-corrected chi connectivity index (χ1v) is 4.12. The van der Waals surface area contributed by atoms with Crippen LogP contribution in [0.2, 0.25) is 0 Å². The van der Waals surface area contributed by atoms with E-state index in [0.29, 0.717) is 19.8 Å². The van der Waals surface area contributed by atoms with Crippen LogP contribution in [-0.4, -0.2) is 44.2 Å². The van der Waals surface area contributed by atoms with Crippen molar-refractivity contribution in [2.45, 2.75) is 18.9 Å². The van der Waals surface area contributed by atoms with Crippen molar-refractivity contribution in [1.82, 2.24) is 0 Å². The number of hydrogen-bond donors (Lipinski definition) is 2. The van der Waals surface area contributed by atoms with Gasteiger partial charge in [-0.05, 0) is 6.92 Å². The lowest BCUT2D eigenvalue weighted by Crippen LogP contribution is -2.39. The maximum atomic E-state index is 8.55. The molecule has 0 bridgehead atoms. The summed E-state index contributed by atoms with van der Waals surface area (Å²) in [5, 5.41) is 8.55. The van der Waals surface area contributed by atoms with Crippen molar-refractivity contribution >= 4 is 0 Å². The molecule has 1 atom stereocenters. The molecule has 12 heavy (non-hydrogen) atoms. The first-order valence-electron chi connectivity index (χ1n) is 4.12. The van der Waals surface area contributed by atoms with Crippen molar-refractivity contribution in [2.75, 3.05) is 33.5 Å². The van der Waals surface area contributed by atoms with Crippen molar-refractivity contribution in [3.05, 3.63) is 0 Å². The molecule has 0 aromatic rings. The summed E-state index contributed by atoms with van der Waals surface area (Å²) in [5.41, 5.74) is 5.16. The molecule has 1 unspecified atom stereocenters. The fraction of sp³-hybridized carbons (Fsp3) is 1.00. The van der Waals surface area contributed by atoms with E-state index < -0.39 is 0 Å². The average Bonchev–Trinajstić information content (AvgIpc) is 2.11. The van der Waals surface area contributed by atoms with Crippen molar-refractivity contribution in [3.63, 3.8) is 0 Å². The van der Waals surface area contributed by atoms with E-state index in [9.17, 15) is 0 Å². The lowest BCUT2D eigenvalue weighted by atomic mass is 10.0. The van der Waals surface area contributed by atoms with Crippen LogP contribution < -0.4 is 5.73 Å². The minimum Gasteiger partial charge on any atom is -0.394 e. The second-order valence-corrected chi connectivity index (χ2v) is 2.97. The quantitative estimate of drug-likeness (QED) is 0.563. The third-order valence-corrected chi connectivity index (χ3v) is 1.81. The first kappa shape index (κ1) is 11.8. The molecule has 4 nitrogen and oxygen atoms in total. The highest BCUT2D eigenvalue weighted by Gasteiger charge is 2.22. The molecule has 0 aromatic carbocycles. The fourth-order valence-corrected chi connectivity index (χ4v) is 0.843. The smallest absolute Gasteiger partial charge is 0.0799 e. The van der Waals surface area contributed by atoms with Gasteiger partial charge in [0.05, 0.1) is 18.8 Å². The Balaban J connectivity index is 3.70. The van der Waals surface area contributed by atoms with Gasteiger partial charge in [0, 0.05) is 26.7 Å². The first-order chi connectivity index (χ1) is 5.68. The molecule has 0 aromatic heterocycles. The van der Waals surface area contributed by atoms with Crippen LogP contribution in [0.4, 0.5) is 0 Å². The van der Waals surface area contributed by atoms with Crippen LogP contribution in [0.5, 0.6) is 0 Å². The Hall–Kier alpha value is -0.160. The number of aliphatic hydroxyl groups is 1. The third-order valence-electron chi connectivity index (χ3n) is 1.81. The molecule has 0 saturated carbocycles. The summed E-state index contributed by atoms with van der Waals surface area (Å²) in [4.78, 5) is 0. The van der Waals surface area contributed by atoms with E-state index in [4.69, 9.17) is 20.3 Å². The van der Waals surface area contributed by atoms with Crippen molar-refractivity contribution in [3.8, 4) is 0 Å². The van der Waals surface area contributed by atoms with Crippen molar-refractivity contribution in [1.29, 1.82) is 0 Å². The lowest BCUT2D eigenvalue weighted by Gasteiger charge is -2.27. The van der Waals surface area contributed by atoms with E-state index in [1.807, 2.05) is 6.92 Å². The molecule has 0 aliphatic heterocycles. The summed E-state index contributed by atoms with van der Waals surface area (Å²) in [6.07, 6.45) is 0.750. The summed E-state index contributed by atoms with van der Waals surface area (Å²) in [6.45, 7) is 3.34. The molecular formula is C8H19NO3. The third kappa shape index (κ3) is 4.66. The van der Waals surface area contributed by atoms with Gasteiger partial charge in [0.1, 0.15) is 0 Å². The normalized spacial score (nSPS) is 16.0. The zero-order valence-corrected chi connectivity index (χ0v) is 7.88. The summed E-state index contributed by atoms with van der Waals surface area (Å²) >= 11 is 0. The zero-order chi connectivity index (χ0) is 9.45. The Labute approximate surface area is 73.7 Å². The number of ether oxygens (including phenoxy) is 2. The highest BCUT2D eigenvalue weighted by Crippen LogP contribution is 2.13. The molecule has 0 rings (SSSR count). The Morgan fingerprint density at radius 3 is 2.50 bits per heavy atom. The highest BCUT2D eigenvalue weighted by atomic mass is 16.5. The molecule has 0 fully saturated rings. The molecule has 0 amide bonds. The van der Waals surface area contributed by atoms with E-state index in [2.05, 4.69) is 0 Å². The number of aliphatic hydroxyl groups excluding tert-OH is 1. The van der Waals surface area contributed by atoms with Crippen LogP contribution in [0.15, 0.2) is 0 Å². The van der Waals surface area contributed by atoms with Gasteiger partial charge in [0.25, 0.3) is 0 Å². The van der Waals surface area contributed by atoms with Crippen LogP contribution >= 0.6 is 0 Å². The van der Waals surface area contributed by atoms with Crippen molar-refractivity contribution in [2.24, 2.45) is 5.73 Å². The van der Waals surface area contributed by atoms with E-state index in [0.717, 1.165) is 6.42 Å². The number of methoxy groups -OCH3 is 1. The summed E-state index contributed by atoms with van der Waals surface area (Å²) < 4.78 is 10.3. The predicted octanol–water partition coefficient (Wildman–Crippen LogP) is -0.251.